The van der Waals surface area contributed by atoms with E-state index in [2.05, 4.69) is 34.6 Å². The minimum atomic E-state index is -4.95. The molecule has 0 aliphatic carbocycles. The standard InChI is InChI=1S/C72H140O17P2/c1-6-10-13-16-18-20-22-23-31-34-38-41-46-51-56-70(75)83-62-68(89-72(77)58-53-48-43-39-35-32-29-27-25-24-26-28-30-33-36-40-45-49-54-65(5)9-4)64-87-91(80,81)85-60-66(73)59-84-90(78,79)86-63-67(61-82-69(74)55-50-44-15-12-8-3)88-71(76)57-52-47-42-37-21-19-17-14-11-7-2/h65-68,73H,6-64H2,1-5H3,(H,78,79)(H,80,81)/t65?,66-,67+,68+/m0/s1. The third kappa shape index (κ3) is 65.1. The van der Waals surface area contributed by atoms with Gasteiger partial charge in [0.25, 0.3) is 0 Å². The highest BCUT2D eigenvalue weighted by Gasteiger charge is 2.30. The molecule has 540 valence electrons. The van der Waals surface area contributed by atoms with Crippen LogP contribution in [-0.4, -0.2) is 96.7 Å². The van der Waals surface area contributed by atoms with Crippen molar-refractivity contribution in [1.29, 1.82) is 0 Å². The lowest BCUT2D eigenvalue weighted by Gasteiger charge is -2.21. The van der Waals surface area contributed by atoms with Gasteiger partial charge in [-0.25, -0.2) is 9.13 Å². The van der Waals surface area contributed by atoms with E-state index in [1.807, 2.05) is 0 Å². The molecule has 0 bridgehead atoms. The van der Waals surface area contributed by atoms with Crippen LogP contribution in [0.25, 0.3) is 0 Å². The summed E-state index contributed by atoms with van der Waals surface area (Å²) in [6.07, 6.45) is 53.1. The minimum absolute atomic E-state index is 0.106. The number of carbonyl (C=O) groups excluding carboxylic acids is 4. The molecule has 3 N–H and O–H groups in total. The van der Waals surface area contributed by atoms with Crippen molar-refractivity contribution in [2.24, 2.45) is 5.92 Å². The fourth-order valence-electron chi connectivity index (χ4n) is 11.0. The van der Waals surface area contributed by atoms with Crippen molar-refractivity contribution in [2.45, 2.75) is 393 Å². The molecule has 0 fully saturated rings. The number of phosphoric ester groups is 2. The number of esters is 4. The van der Waals surface area contributed by atoms with Crippen LogP contribution in [0.2, 0.25) is 0 Å². The van der Waals surface area contributed by atoms with Gasteiger partial charge in [-0.3, -0.25) is 37.3 Å². The number of rotatable bonds is 72. The van der Waals surface area contributed by atoms with E-state index in [9.17, 15) is 43.2 Å². The lowest BCUT2D eigenvalue weighted by molar-refractivity contribution is -0.161. The van der Waals surface area contributed by atoms with Crippen LogP contribution >= 0.6 is 15.6 Å². The van der Waals surface area contributed by atoms with Gasteiger partial charge in [-0.2, -0.15) is 0 Å². The second-order valence-electron chi connectivity index (χ2n) is 26.2. The summed E-state index contributed by atoms with van der Waals surface area (Å²) in [6, 6.07) is 0. The van der Waals surface area contributed by atoms with E-state index < -0.39 is 97.5 Å². The quantitative estimate of drug-likeness (QED) is 0.0222. The Balaban J connectivity index is 5.10. The smallest absolute Gasteiger partial charge is 0.462 e. The van der Waals surface area contributed by atoms with Crippen molar-refractivity contribution >= 4 is 39.5 Å². The van der Waals surface area contributed by atoms with Crippen molar-refractivity contribution < 1.29 is 80.2 Å². The summed E-state index contributed by atoms with van der Waals surface area (Å²) >= 11 is 0. The fourth-order valence-corrected chi connectivity index (χ4v) is 12.5. The Morgan fingerprint density at radius 1 is 0.308 bits per heavy atom. The zero-order valence-corrected chi connectivity index (χ0v) is 60.8. The topological polar surface area (TPSA) is 237 Å². The van der Waals surface area contributed by atoms with Crippen molar-refractivity contribution in [3.05, 3.63) is 0 Å². The summed E-state index contributed by atoms with van der Waals surface area (Å²) < 4.78 is 68.1. The molecule has 0 aromatic carbocycles. The molecule has 0 aromatic rings. The maximum atomic E-state index is 13.1. The van der Waals surface area contributed by atoms with Crippen LogP contribution in [0, 0.1) is 5.92 Å². The van der Waals surface area contributed by atoms with Crippen LogP contribution in [0.1, 0.15) is 375 Å². The first-order chi connectivity index (χ1) is 44.1. The van der Waals surface area contributed by atoms with E-state index in [4.69, 9.17) is 37.0 Å². The highest BCUT2D eigenvalue weighted by atomic mass is 31.2. The summed E-state index contributed by atoms with van der Waals surface area (Å²) in [5, 5.41) is 10.6. The Kier molecular flexibility index (Phi) is 64.0. The highest BCUT2D eigenvalue weighted by Crippen LogP contribution is 2.45. The zero-order chi connectivity index (χ0) is 67.0. The molecule has 0 rings (SSSR count). The summed E-state index contributed by atoms with van der Waals surface area (Å²) in [5.74, 6) is -1.26. The van der Waals surface area contributed by atoms with Gasteiger partial charge in [0.2, 0.25) is 0 Å². The number of aliphatic hydroxyl groups excluding tert-OH is 1. The van der Waals surface area contributed by atoms with Crippen molar-refractivity contribution in [3.63, 3.8) is 0 Å². The molecule has 0 aliphatic heterocycles. The van der Waals surface area contributed by atoms with Crippen LogP contribution in [0.3, 0.4) is 0 Å². The fraction of sp³-hybridized carbons (Fsp3) is 0.944. The maximum Gasteiger partial charge on any atom is 0.472 e. The number of phosphoric acid groups is 2. The van der Waals surface area contributed by atoms with Crippen molar-refractivity contribution in [3.8, 4) is 0 Å². The molecule has 0 amide bonds. The van der Waals surface area contributed by atoms with E-state index in [1.165, 1.54) is 193 Å². The molecule has 6 atom stereocenters. The lowest BCUT2D eigenvalue weighted by Crippen LogP contribution is -2.30. The predicted octanol–water partition coefficient (Wildman–Crippen LogP) is 20.9. The number of hydrogen-bond donors (Lipinski definition) is 3. The number of hydrogen-bond acceptors (Lipinski definition) is 15. The van der Waals surface area contributed by atoms with Crippen LogP contribution in [-0.2, 0) is 65.4 Å². The third-order valence-electron chi connectivity index (χ3n) is 17.1. The van der Waals surface area contributed by atoms with Gasteiger partial charge in [0.15, 0.2) is 12.2 Å². The van der Waals surface area contributed by atoms with E-state index in [1.54, 1.807) is 0 Å². The molecular formula is C72H140O17P2. The summed E-state index contributed by atoms with van der Waals surface area (Å²) in [6.45, 7) is 7.23. The van der Waals surface area contributed by atoms with E-state index in [-0.39, 0.29) is 25.7 Å². The molecule has 0 saturated heterocycles. The summed E-state index contributed by atoms with van der Waals surface area (Å²) in [4.78, 5) is 72.3. The molecule has 19 heteroatoms. The van der Waals surface area contributed by atoms with Crippen LogP contribution in [0.5, 0.6) is 0 Å². The van der Waals surface area contributed by atoms with Crippen LogP contribution < -0.4 is 0 Å². The first-order valence-electron chi connectivity index (χ1n) is 37.7. The maximum absolute atomic E-state index is 13.1. The normalized spacial score (nSPS) is 14.3. The average Bonchev–Trinajstić information content (AvgIpc) is 3.72. The van der Waals surface area contributed by atoms with Crippen LogP contribution in [0.4, 0.5) is 0 Å². The van der Waals surface area contributed by atoms with Gasteiger partial charge >= 0.3 is 39.5 Å². The van der Waals surface area contributed by atoms with Gasteiger partial charge in [-0.1, -0.05) is 324 Å². The summed E-state index contributed by atoms with van der Waals surface area (Å²) in [7, 11) is -9.89. The number of ether oxygens (including phenoxy) is 4. The first-order valence-corrected chi connectivity index (χ1v) is 40.7. The van der Waals surface area contributed by atoms with Gasteiger partial charge in [0.05, 0.1) is 26.4 Å². The van der Waals surface area contributed by atoms with Gasteiger partial charge < -0.3 is 33.8 Å². The van der Waals surface area contributed by atoms with Gasteiger partial charge in [-0.05, 0) is 31.6 Å². The van der Waals surface area contributed by atoms with Gasteiger partial charge in [-0.15, -0.1) is 0 Å². The van der Waals surface area contributed by atoms with E-state index >= 15 is 0 Å². The molecule has 0 spiro atoms. The molecular weight excluding hydrogens is 1200 g/mol. The number of aliphatic hydroxyl groups is 1. The molecule has 0 saturated carbocycles. The van der Waals surface area contributed by atoms with Gasteiger partial charge in [0, 0.05) is 25.7 Å². The second kappa shape index (κ2) is 65.4. The molecule has 0 aromatic heterocycles. The third-order valence-corrected chi connectivity index (χ3v) is 19.0. The Morgan fingerprint density at radius 3 is 0.780 bits per heavy atom. The average molecular weight is 1340 g/mol. The van der Waals surface area contributed by atoms with E-state index in [0.29, 0.717) is 25.7 Å². The monoisotopic (exact) mass is 1340 g/mol. The highest BCUT2D eigenvalue weighted by molar-refractivity contribution is 7.47. The number of unbranched alkanes of at least 4 members (excludes halogenated alkanes) is 43. The van der Waals surface area contributed by atoms with Crippen molar-refractivity contribution in [2.75, 3.05) is 39.6 Å². The summed E-state index contributed by atoms with van der Waals surface area (Å²) in [5.41, 5.74) is 0. The minimum Gasteiger partial charge on any atom is -0.462 e. The SMILES string of the molecule is CCCCCCCCCCCCCCCCC(=O)OC[C@H](COP(=O)(O)OC[C@@H](O)COP(=O)(O)OC[C@@H](COC(=O)CCCCCCC)OC(=O)CCCCCCCCCCCC)OC(=O)CCCCCCCCCCCCCCCCCCCCC(C)CC. The Morgan fingerprint density at radius 2 is 0.527 bits per heavy atom. The Labute approximate surface area is 556 Å². The van der Waals surface area contributed by atoms with Gasteiger partial charge in [0.1, 0.15) is 19.3 Å². The van der Waals surface area contributed by atoms with Crippen LogP contribution in [0.15, 0.2) is 0 Å². The van der Waals surface area contributed by atoms with Crippen molar-refractivity contribution in [1.82, 2.24) is 0 Å². The molecule has 0 aliphatic rings. The lowest BCUT2D eigenvalue weighted by atomic mass is 9.99. The second-order valence-corrected chi connectivity index (χ2v) is 29.1. The Bertz CT molecular complexity index is 1760. The molecule has 17 nitrogen and oxygen atoms in total. The largest absolute Gasteiger partial charge is 0.472 e. The number of carbonyl (C=O) groups is 4. The molecule has 3 unspecified atom stereocenters. The molecule has 0 heterocycles. The first kappa shape index (κ1) is 89.1. The molecule has 0 radical (unpaired) electrons. The molecule has 91 heavy (non-hydrogen) atoms. The zero-order valence-electron chi connectivity index (χ0n) is 59.0. The Hall–Kier alpha value is -1.94. The predicted molar refractivity (Wildman–Crippen MR) is 368 cm³/mol. The van der Waals surface area contributed by atoms with E-state index in [0.717, 1.165) is 102 Å².